The van der Waals surface area contributed by atoms with Crippen molar-refractivity contribution in [2.24, 2.45) is 0 Å². The monoisotopic (exact) mass is 555 g/mol. The van der Waals surface area contributed by atoms with Gasteiger partial charge < -0.3 is 4.74 Å². The van der Waals surface area contributed by atoms with Gasteiger partial charge in [0, 0.05) is 49.3 Å². The maximum absolute atomic E-state index is 13.2. The summed E-state index contributed by atoms with van der Waals surface area (Å²) in [4.78, 5) is 30.4. The Labute approximate surface area is 240 Å². The van der Waals surface area contributed by atoms with Crippen molar-refractivity contribution in [3.05, 3.63) is 84.4 Å². The van der Waals surface area contributed by atoms with Crippen LogP contribution >= 0.6 is 0 Å². The third kappa shape index (κ3) is 7.47. The first-order valence-electron chi connectivity index (χ1n) is 14.2. The van der Waals surface area contributed by atoms with Gasteiger partial charge in [-0.05, 0) is 61.9 Å². The van der Waals surface area contributed by atoms with E-state index in [1.54, 1.807) is 25.6 Å². The van der Waals surface area contributed by atoms with Crippen LogP contribution in [-0.2, 0) is 16.0 Å². The van der Waals surface area contributed by atoms with E-state index in [2.05, 4.69) is 20.9 Å². The molecular formula is C31H37N7O3. The van der Waals surface area contributed by atoms with Gasteiger partial charge >= 0.3 is 0 Å². The Kier molecular flexibility index (Phi) is 9.56. The number of amides is 2. The van der Waals surface area contributed by atoms with Crippen molar-refractivity contribution in [2.75, 3.05) is 25.6 Å². The molecule has 1 atom stereocenters. The minimum absolute atomic E-state index is 0.0585. The molecule has 0 unspecified atom stereocenters. The number of hydrazine groups is 1. The fourth-order valence-corrected chi connectivity index (χ4v) is 5.18. The molecule has 2 aromatic carbocycles. The number of para-hydroxylation sites is 1. The maximum Gasteiger partial charge on any atom is 0.258 e. The van der Waals surface area contributed by atoms with E-state index < -0.39 is 0 Å². The van der Waals surface area contributed by atoms with Gasteiger partial charge in [0.25, 0.3) is 5.91 Å². The van der Waals surface area contributed by atoms with Gasteiger partial charge in [-0.25, -0.2) is 9.99 Å². The van der Waals surface area contributed by atoms with Crippen LogP contribution in [0.2, 0.25) is 0 Å². The zero-order chi connectivity index (χ0) is 28.4. The van der Waals surface area contributed by atoms with Gasteiger partial charge in [0.15, 0.2) is 0 Å². The molecule has 41 heavy (non-hydrogen) atoms. The molecule has 2 aromatic heterocycles. The normalized spacial score (nSPS) is 15.2. The predicted octanol–water partition coefficient (Wildman–Crippen LogP) is 4.76. The van der Waals surface area contributed by atoms with Crippen LogP contribution in [0.5, 0.6) is 0 Å². The minimum Gasteiger partial charge on any atom is -0.383 e. The van der Waals surface area contributed by atoms with Crippen LogP contribution in [0.3, 0.4) is 0 Å². The average Bonchev–Trinajstić information content (AvgIpc) is 3.76. The van der Waals surface area contributed by atoms with E-state index in [1.807, 2.05) is 64.3 Å². The SMILES string of the molecule is COC[C@@H]1CCCN1NC(=O)CCCCCc1cn(-c2ccccc2)c(NC(=O)c2cccc(-c3cn[nH]c3)c2)n1. The smallest absolute Gasteiger partial charge is 0.258 e. The fraction of sp³-hybridized carbons (Fsp3) is 0.355. The molecule has 0 radical (unpaired) electrons. The molecule has 4 aromatic rings. The molecule has 10 heteroatoms. The standard InChI is InChI=1S/C31H37N7O3/c1-41-22-28-15-9-17-38(28)36-29(39)16-7-2-4-12-26-21-37(27-13-5-3-6-14-27)31(34-26)35-30(40)24-11-8-10-23(18-24)25-19-32-33-20-25/h3,5-6,8,10-11,13-14,18-21,28H,2,4,7,9,12,15-17,22H2,1H3,(H,32,33)(H,36,39)(H,34,35,40)/t28-/m0/s1. The lowest BCUT2D eigenvalue weighted by molar-refractivity contribution is -0.126. The van der Waals surface area contributed by atoms with Crippen molar-refractivity contribution in [1.82, 2.24) is 30.2 Å². The number of benzene rings is 2. The topological polar surface area (TPSA) is 117 Å². The molecule has 0 saturated carbocycles. The summed E-state index contributed by atoms with van der Waals surface area (Å²) in [6, 6.07) is 17.5. The zero-order valence-corrected chi connectivity index (χ0v) is 23.4. The number of hydrogen-bond acceptors (Lipinski definition) is 6. The molecule has 0 aliphatic carbocycles. The van der Waals surface area contributed by atoms with Crippen LogP contribution in [0.15, 0.2) is 73.2 Å². The predicted molar refractivity (Wildman–Crippen MR) is 157 cm³/mol. The number of imidazole rings is 1. The number of methoxy groups -OCH3 is 1. The number of nitrogens with zero attached hydrogens (tertiary/aromatic N) is 4. The average molecular weight is 556 g/mol. The number of aryl methyl sites for hydroxylation is 1. The highest BCUT2D eigenvalue weighted by atomic mass is 16.5. The van der Waals surface area contributed by atoms with Crippen molar-refractivity contribution in [2.45, 2.75) is 51.0 Å². The maximum atomic E-state index is 13.2. The number of nitrogens with one attached hydrogen (secondary N) is 3. The van der Waals surface area contributed by atoms with Gasteiger partial charge in [0.2, 0.25) is 11.9 Å². The summed E-state index contributed by atoms with van der Waals surface area (Å²) < 4.78 is 7.18. The number of ether oxygens (including phenoxy) is 1. The number of aromatic nitrogens is 4. The molecule has 0 spiro atoms. The highest BCUT2D eigenvalue weighted by Crippen LogP contribution is 2.22. The summed E-state index contributed by atoms with van der Waals surface area (Å²) in [5, 5.41) is 11.8. The van der Waals surface area contributed by atoms with Crippen LogP contribution in [-0.4, -0.2) is 62.9 Å². The van der Waals surface area contributed by atoms with E-state index >= 15 is 0 Å². The molecule has 5 rings (SSSR count). The van der Waals surface area contributed by atoms with Gasteiger partial charge in [-0.15, -0.1) is 0 Å². The molecule has 2 amide bonds. The second kappa shape index (κ2) is 13.9. The Morgan fingerprint density at radius 3 is 2.76 bits per heavy atom. The Balaban J connectivity index is 1.17. The lowest BCUT2D eigenvalue weighted by atomic mass is 10.1. The highest BCUT2D eigenvalue weighted by molar-refractivity contribution is 6.04. The molecule has 3 heterocycles. The molecule has 1 fully saturated rings. The molecule has 1 saturated heterocycles. The largest absolute Gasteiger partial charge is 0.383 e. The van der Waals surface area contributed by atoms with Crippen molar-refractivity contribution >= 4 is 17.8 Å². The fourth-order valence-electron chi connectivity index (χ4n) is 5.18. The van der Waals surface area contributed by atoms with Crippen molar-refractivity contribution < 1.29 is 14.3 Å². The summed E-state index contributed by atoms with van der Waals surface area (Å²) in [6.07, 6.45) is 11.5. The first kappa shape index (κ1) is 28.3. The van der Waals surface area contributed by atoms with Crippen LogP contribution in [0, 0.1) is 0 Å². The van der Waals surface area contributed by atoms with E-state index in [1.165, 1.54) is 0 Å². The van der Waals surface area contributed by atoms with E-state index in [0.29, 0.717) is 24.5 Å². The number of H-pyrrole nitrogens is 1. The molecule has 10 nitrogen and oxygen atoms in total. The Bertz CT molecular complexity index is 1420. The summed E-state index contributed by atoms with van der Waals surface area (Å²) in [7, 11) is 1.69. The van der Waals surface area contributed by atoms with Crippen LogP contribution in [0.4, 0.5) is 5.95 Å². The number of unbranched alkanes of at least 4 members (excludes halogenated alkanes) is 2. The molecular weight excluding hydrogens is 518 g/mol. The third-order valence-electron chi connectivity index (χ3n) is 7.31. The quantitative estimate of drug-likeness (QED) is 0.205. The summed E-state index contributed by atoms with van der Waals surface area (Å²) in [5.74, 6) is 0.296. The first-order chi connectivity index (χ1) is 20.1. The molecule has 1 aliphatic rings. The van der Waals surface area contributed by atoms with Crippen molar-refractivity contribution in [3.8, 4) is 16.8 Å². The van der Waals surface area contributed by atoms with Gasteiger partial charge in [-0.2, -0.15) is 5.10 Å². The van der Waals surface area contributed by atoms with Gasteiger partial charge in [-0.1, -0.05) is 36.8 Å². The van der Waals surface area contributed by atoms with Gasteiger partial charge in [0.05, 0.1) is 24.5 Å². The molecule has 1 aliphatic heterocycles. The van der Waals surface area contributed by atoms with E-state index in [9.17, 15) is 9.59 Å². The number of anilines is 1. The number of carbonyl (C=O) groups is 2. The lowest BCUT2D eigenvalue weighted by Gasteiger charge is -2.24. The number of hydrogen-bond donors (Lipinski definition) is 3. The Hall–Kier alpha value is -4.28. The first-order valence-corrected chi connectivity index (χ1v) is 14.2. The minimum atomic E-state index is -0.235. The number of aromatic amines is 1. The van der Waals surface area contributed by atoms with Crippen LogP contribution in [0.1, 0.15) is 54.6 Å². The van der Waals surface area contributed by atoms with Gasteiger partial charge in [0.1, 0.15) is 0 Å². The van der Waals surface area contributed by atoms with Crippen LogP contribution in [0.25, 0.3) is 16.8 Å². The van der Waals surface area contributed by atoms with E-state index in [-0.39, 0.29) is 17.9 Å². The van der Waals surface area contributed by atoms with Gasteiger partial charge in [-0.3, -0.25) is 30.0 Å². The molecule has 3 N–H and O–H groups in total. The van der Waals surface area contributed by atoms with E-state index in [4.69, 9.17) is 9.72 Å². The molecule has 214 valence electrons. The zero-order valence-electron chi connectivity index (χ0n) is 23.4. The number of carbonyl (C=O) groups excluding carboxylic acids is 2. The Morgan fingerprint density at radius 2 is 1.95 bits per heavy atom. The number of rotatable bonds is 13. The summed E-state index contributed by atoms with van der Waals surface area (Å²) >= 11 is 0. The van der Waals surface area contributed by atoms with Crippen LogP contribution < -0.4 is 10.7 Å². The molecule has 0 bridgehead atoms. The van der Waals surface area contributed by atoms with Crippen molar-refractivity contribution in [1.29, 1.82) is 0 Å². The van der Waals surface area contributed by atoms with E-state index in [0.717, 1.165) is 67.6 Å². The second-order valence-corrected chi connectivity index (χ2v) is 10.3. The third-order valence-corrected chi connectivity index (χ3v) is 7.31. The second-order valence-electron chi connectivity index (χ2n) is 10.3. The highest BCUT2D eigenvalue weighted by Gasteiger charge is 2.25. The van der Waals surface area contributed by atoms with Crippen molar-refractivity contribution in [3.63, 3.8) is 0 Å². The lowest BCUT2D eigenvalue weighted by Crippen LogP contribution is -2.46. The summed E-state index contributed by atoms with van der Waals surface area (Å²) in [5.41, 5.74) is 7.21. The Morgan fingerprint density at radius 1 is 1.07 bits per heavy atom. The summed E-state index contributed by atoms with van der Waals surface area (Å²) in [6.45, 7) is 1.51.